The first-order valence-electron chi connectivity index (χ1n) is 10.3. The quantitative estimate of drug-likeness (QED) is 0.695. The molecule has 3 aromatic heterocycles. The molecule has 9 heteroatoms. The fraction of sp³-hybridized carbons (Fsp3) is 0.524. The molecular formula is C21H26N6O3. The third kappa shape index (κ3) is 3.13. The minimum atomic E-state index is -0.329. The number of carbonyl (C=O) groups excluding carboxylic acids is 1. The second kappa shape index (κ2) is 6.53. The molecule has 158 valence electrons. The van der Waals surface area contributed by atoms with Gasteiger partial charge in [-0.05, 0) is 40.0 Å². The summed E-state index contributed by atoms with van der Waals surface area (Å²) in [5.74, 6) is 0.922. The SMILES string of the molecule is CC(C)Oc1nc2nc([C@@]34CC[C@@](C)(C3)OC4)cn2cc1C(=O)Nc1ccn(C)n1. The summed E-state index contributed by atoms with van der Waals surface area (Å²) in [7, 11) is 1.80. The Kier molecular flexibility index (Phi) is 4.15. The van der Waals surface area contributed by atoms with Gasteiger partial charge in [-0.1, -0.05) is 0 Å². The molecule has 30 heavy (non-hydrogen) atoms. The van der Waals surface area contributed by atoms with E-state index in [0.29, 0.717) is 23.8 Å². The van der Waals surface area contributed by atoms with E-state index in [1.807, 2.05) is 20.0 Å². The highest BCUT2D eigenvalue weighted by atomic mass is 16.5. The van der Waals surface area contributed by atoms with E-state index in [9.17, 15) is 4.79 Å². The molecule has 1 N–H and O–H groups in total. The van der Waals surface area contributed by atoms with E-state index < -0.39 is 0 Å². The number of aryl methyl sites for hydroxylation is 1. The molecule has 4 heterocycles. The predicted molar refractivity (Wildman–Crippen MR) is 110 cm³/mol. The van der Waals surface area contributed by atoms with Gasteiger partial charge in [-0.15, -0.1) is 0 Å². The fourth-order valence-corrected chi connectivity index (χ4v) is 4.54. The number of imidazole rings is 1. The summed E-state index contributed by atoms with van der Waals surface area (Å²) in [5.41, 5.74) is 1.18. The molecule has 1 amide bonds. The number of nitrogens with zero attached hydrogens (tertiary/aromatic N) is 5. The van der Waals surface area contributed by atoms with Crippen LogP contribution in [0.25, 0.3) is 5.78 Å². The summed E-state index contributed by atoms with van der Waals surface area (Å²) in [6, 6.07) is 1.73. The second-order valence-electron chi connectivity index (χ2n) is 8.98. The van der Waals surface area contributed by atoms with Crippen molar-refractivity contribution in [1.82, 2.24) is 24.1 Å². The van der Waals surface area contributed by atoms with Gasteiger partial charge >= 0.3 is 0 Å². The third-order valence-electron chi connectivity index (χ3n) is 6.05. The Morgan fingerprint density at radius 1 is 1.30 bits per heavy atom. The summed E-state index contributed by atoms with van der Waals surface area (Å²) in [5, 5.41) is 7.01. The summed E-state index contributed by atoms with van der Waals surface area (Å²) in [6.07, 6.45) is 8.39. The van der Waals surface area contributed by atoms with Crippen LogP contribution in [0.4, 0.5) is 5.82 Å². The standard InChI is InChI=1S/C21H26N6O3/c1-13(2)30-18-14(17(28)23-16-5-8-26(4)25-16)9-27-10-15(22-19(27)24-18)21-7-6-20(3,11-21)29-12-21/h5,8-10,13H,6-7,11-12H2,1-4H3,(H,23,25,28)/t20-,21-/m0/s1. The van der Waals surface area contributed by atoms with Crippen molar-refractivity contribution >= 4 is 17.5 Å². The predicted octanol–water partition coefficient (Wildman–Crippen LogP) is 2.71. The Morgan fingerprint density at radius 3 is 2.73 bits per heavy atom. The molecule has 2 bridgehead atoms. The molecule has 2 fully saturated rings. The number of ether oxygens (including phenoxy) is 2. The van der Waals surface area contributed by atoms with E-state index in [-0.39, 0.29) is 28.9 Å². The summed E-state index contributed by atoms with van der Waals surface area (Å²) < 4.78 is 15.3. The van der Waals surface area contributed by atoms with E-state index >= 15 is 0 Å². The average molecular weight is 410 g/mol. The number of fused-ring (bicyclic) bond motifs is 3. The first-order chi connectivity index (χ1) is 14.3. The van der Waals surface area contributed by atoms with Crippen LogP contribution in [0, 0.1) is 0 Å². The monoisotopic (exact) mass is 410 g/mol. The van der Waals surface area contributed by atoms with E-state index in [1.165, 1.54) is 0 Å². The minimum absolute atomic E-state index is 0.0527. The van der Waals surface area contributed by atoms with Crippen LogP contribution in [0.3, 0.4) is 0 Å². The van der Waals surface area contributed by atoms with Gasteiger partial charge in [0.05, 0.1) is 24.0 Å². The summed E-state index contributed by atoms with van der Waals surface area (Å²) >= 11 is 0. The molecule has 3 aromatic rings. The molecule has 1 aliphatic heterocycles. The number of hydrogen-bond donors (Lipinski definition) is 1. The molecule has 1 saturated heterocycles. The van der Waals surface area contributed by atoms with Crippen LogP contribution in [0.2, 0.25) is 0 Å². The van der Waals surface area contributed by atoms with Gasteiger partial charge in [-0.3, -0.25) is 13.9 Å². The highest BCUT2D eigenvalue weighted by molar-refractivity contribution is 6.05. The smallest absolute Gasteiger partial charge is 0.263 e. The van der Waals surface area contributed by atoms with Crippen molar-refractivity contribution in [2.24, 2.45) is 7.05 Å². The Morgan fingerprint density at radius 2 is 2.13 bits per heavy atom. The highest BCUT2D eigenvalue weighted by Crippen LogP contribution is 2.53. The molecule has 1 saturated carbocycles. The van der Waals surface area contributed by atoms with E-state index in [0.717, 1.165) is 25.0 Å². The normalized spacial score (nSPS) is 25.4. The first kappa shape index (κ1) is 19.0. The van der Waals surface area contributed by atoms with Crippen molar-refractivity contribution in [3.63, 3.8) is 0 Å². The molecule has 0 unspecified atom stereocenters. The zero-order valence-corrected chi connectivity index (χ0v) is 17.7. The number of hydrogen-bond acceptors (Lipinski definition) is 6. The van der Waals surface area contributed by atoms with Gasteiger partial charge in [-0.2, -0.15) is 10.1 Å². The maximum absolute atomic E-state index is 13.0. The van der Waals surface area contributed by atoms with Gasteiger partial charge in [0, 0.05) is 37.1 Å². The van der Waals surface area contributed by atoms with Crippen molar-refractivity contribution < 1.29 is 14.3 Å². The van der Waals surface area contributed by atoms with Crippen molar-refractivity contribution in [3.8, 4) is 5.88 Å². The van der Waals surface area contributed by atoms with Gasteiger partial charge < -0.3 is 14.8 Å². The number of nitrogens with one attached hydrogen (secondary N) is 1. The number of rotatable bonds is 5. The fourth-order valence-electron chi connectivity index (χ4n) is 4.54. The zero-order chi connectivity index (χ0) is 21.1. The van der Waals surface area contributed by atoms with Crippen molar-refractivity contribution in [2.45, 2.75) is 57.2 Å². The number of aromatic nitrogens is 5. The van der Waals surface area contributed by atoms with Crippen molar-refractivity contribution in [2.75, 3.05) is 11.9 Å². The Bertz CT molecular complexity index is 1120. The Hall–Kier alpha value is -2.94. The number of carbonyl (C=O) groups is 1. The third-order valence-corrected chi connectivity index (χ3v) is 6.05. The maximum Gasteiger partial charge on any atom is 0.263 e. The van der Waals surface area contributed by atoms with Gasteiger partial charge in [0.25, 0.3) is 5.91 Å². The lowest BCUT2D eigenvalue weighted by Gasteiger charge is -2.24. The van der Waals surface area contributed by atoms with Crippen molar-refractivity contribution in [1.29, 1.82) is 0 Å². The lowest BCUT2D eigenvalue weighted by atomic mass is 9.84. The van der Waals surface area contributed by atoms with Crippen LogP contribution in [0.5, 0.6) is 5.88 Å². The van der Waals surface area contributed by atoms with Crippen LogP contribution in [-0.2, 0) is 17.2 Å². The largest absolute Gasteiger partial charge is 0.474 e. The molecule has 1 aliphatic carbocycles. The first-order valence-corrected chi connectivity index (χ1v) is 10.3. The molecule has 0 radical (unpaired) electrons. The van der Waals surface area contributed by atoms with Crippen LogP contribution < -0.4 is 10.1 Å². The molecule has 2 aliphatic rings. The van der Waals surface area contributed by atoms with E-state index in [4.69, 9.17) is 14.5 Å². The molecule has 5 rings (SSSR count). The number of amides is 1. The average Bonchev–Trinajstić information content (AvgIpc) is 3.42. The zero-order valence-electron chi connectivity index (χ0n) is 17.7. The van der Waals surface area contributed by atoms with Crippen LogP contribution in [0.15, 0.2) is 24.7 Å². The van der Waals surface area contributed by atoms with Gasteiger partial charge in [0.1, 0.15) is 5.56 Å². The second-order valence-corrected chi connectivity index (χ2v) is 8.98. The molecule has 0 aromatic carbocycles. The molecule has 9 nitrogen and oxygen atoms in total. The topological polar surface area (TPSA) is 95.6 Å². The minimum Gasteiger partial charge on any atom is -0.474 e. The lowest BCUT2D eigenvalue weighted by molar-refractivity contribution is -0.00627. The van der Waals surface area contributed by atoms with Gasteiger partial charge in [0.2, 0.25) is 11.7 Å². The molecule has 0 spiro atoms. The Labute approximate surface area is 174 Å². The summed E-state index contributed by atoms with van der Waals surface area (Å²) in [4.78, 5) is 22.3. The number of anilines is 1. The Balaban J connectivity index is 1.53. The summed E-state index contributed by atoms with van der Waals surface area (Å²) in [6.45, 7) is 6.65. The van der Waals surface area contributed by atoms with Gasteiger partial charge in [0.15, 0.2) is 5.82 Å². The van der Waals surface area contributed by atoms with Crippen LogP contribution >= 0.6 is 0 Å². The molecular weight excluding hydrogens is 384 g/mol. The van der Waals surface area contributed by atoms with Crippen molar-refractivity contribution in [3.05, 3.63) is 35.9 Å². The molecule has 2 atom stereocenters. The van der Waals surface area contributed by atoms with Crippen LogP contribution in [-0.4, -0.2) is 48.4 Å². The lowest BCUT2D eigenvalue weighted by Crippen LogP contribution is -2.26. The van der Waals surface area contributed by atoms with E-state index in [2.05, 4.69) is 22.3 Å². The van der Waals surface area contributed by atoms with Crippen LogP contribution in [0.1, 0.15) is 56.1 Å². The maximum atomic E-state index is 13.0. The van der Waals surface area contributed by atoms with Gasteiger partial charge in [-0.25, -0.2) is 4.98 Å². The van der Waals surface area contributed by atoms with E-state index in [1.54, 1.807) is 34.6 Å². The highest BCUT2D eigenvalue weighted by Gasteiger charge is 2.55.